The number of methoxy groups -OCH3 is 1. The Labute approximate surface area is 126 Å². The van der Waals surface area contributed by atoms with Crippen molar-refractivity contribution in [3.05, 3.63) is 65.7 Å². The largest absolute Gasteiger partial charge is 0.496 e. The first kappa shape index (κ1) is 15.5. The van der Waals surface area contributed by atoms with Gasteiger partial charge in [0.05, 0.1) is 19.3 Å². The maximum atomic E-state index is 6.26. The van der Waals surface area contributed by atoms with Gasteiger partial charge in [-0.15, -0.1) is 0 Å². The third-order valence-corrected chi connectivity index (χ3v) is 3.51. The van der Waals surface area contributed by atoms with Crippen molar-refractivity contribution in [2.75, 3.05) is 20.7 Å². The quantitative estimate of drug-likeness (QED) is 0.840. The monoisotopic (exact) mass is 285 g/mol. The molecule has 0 aliphatic rings. The van der Waals surface area contributed by atoms with Crippen LogP contribution in [-0.2, 0) is 4.74 Å². The first-order chi connectivity index (χ1) is 10.3. The van der Waals surface area contributed by atoms with Crippen molar-refractivity contribution < 1.29 is 9.47 Å². The molecule has 21 heavy (non-hydrogen) atoms. The highest BCUT2D eigenvalue weighted by molar-refractivity contribution is 5.35. The number of hydrogen-bond donors (Lipinski definition) is 1. The van der Waals surface area contributed by atoms with Crippen LogP contribution in [0.1, 0.15) is 30.3 Å². The molecule has 0 bridgehead atoms. The number of para-hydroxylation sites is 1. The average molecular weight is 285 g/mol. The van der Waals surface area contributed by atoms with E-state index in [1.807, 2.05) is 43.4 Å². The zero-order valence-electron chi connectivity index (χ0n) is 12.9. The van der Waals surface area contributed by atoms with Crippen LogP contribution >= 0.6 is 0 Å². The molecule has 0 saturated heterocycles. The minimum absolute atomic E-state index is 0.0227. The summed E-state index contributed by atoms with van der Waals surface area (Å²) in [6, 6.07) is 18.3. The number of ether oxygens (including phenoxy) is 2. The molecule has 0 saturated carbocycles. The van der Waals surface area contributed by atoms with Gasteiger partial charge in [-0.05, 0) is 25.6 Å². The minimum Gasteiger partial charge on any atom is -0.496 e. The summed E-state index contributed by atoms with van der Waals surface area (Å²) >= 11 is 0. The van der Waals surface area contributed by atoms with E-state index in [1.165, 1.54) is 5.56 Å². The zero-order valence-corrected chi connectivity index (χ0v) is 12.9. The fraction of sp³-hybridized carbons (Fsp3) is 0.333. The molecule has 3 nitrogen and oxygen atoms in total. The molecule has 0 fully saturated rings. The highest BCUT2D eigenvalue weighted by Gasteiger charge is 2.19. The topological polar surface area (TPSA) is 30.5 Å². The van der Waals surface area contributed by atoms with Crippen LogP contribution in [0.25, 0.3) is 0 Å². The second-order valence-corrected chi connectivity index (χ2v) is 4.98. The van der Waals surface area contributed by atoms with Crippen LogP contribution in [-0.4, -0.2) is 20.7 Å². The van der Waals surface area contributed by atoms with Crippen LogP contribution in [0.3, 0.4) is 0 Å². The van der Waals surface area contributed by atoms with Crippen LogP contribution in [0.2, 0.25) is 0 Å². The Morgan fingerprint density at radius 1 is 1.00 bits per heavy atom. The van der Waals surface area contributed by atoms with E-state index < -0.39 is 0 Å². The lowest BCUT2D eigenvalue weighted by Crippen LogP contribution is -2.21. The molecule has 112 valence electrons. The molecule has 0 amide bonds. The molecule has 0 radical (unpaired) electrons. The minimum atomic E-state index is -0.0543. The Morgan fingerprint density at radius 2 is 1.67 bits per heavy atom. The summed E-state index contributed by atoms with van der Waals surface area (Å²) in [6.45, 7) is 2.81. The SMILES string of the molecule is CNCC(OC(C)c1ccccc1)c1ccccc1OC. The second-order valence-electron chi connectivity index (χ2n) is 4.98. The molecule has 2 rings (SSSR count). The molecule has 2 aromatic carbocycles. The third kappa shape index (κ3) is 4.06. The van der Waals surface area contributed by atoms with Crippen LogP contribution < -0.4 is 10.1 Å². The van der Waals surface area contributed by atoms with E-state index >= 15 is 0 Å². The van der Waals surface area contributed by atoms with Crippen molar-refractivity contribution in [3.63, 3.8) is 0 Å². The molecule has 0 heterocycles. The number of likely N-dealkylation sites (N-methyl/N-ethyl adjacent to an activating group) is 1. The lowest BCUT2D eigenvalue weighted by molar-refractivity contribution is -0.00452. The van der Waals surface area contributed by atoms with Gasteiger partial charge in [0.1, 0.15) is 5.75 Å². The number of hydrogen-bond acceptors (Lipinski definition) is 3. The van der Waals surface area contributed by atoms with Gasteiger partial charge < -0.3 is 14.8 Å². The van der Waals surface area contributed by atoms with Crippen molar-refractivity contribution in [3.8, 4) is 5.75 Å². The van der Waals surface area contributed by atoms with Crippen molar-refractivity contribution in [1.82, 2.24) is 5.32 Å². The van der Waals surface area contributed by atoms with Crippen LogP contribution in [0.5, 0.6) is 5.75 Å². The molecule has 2 unspecified atom stereocenters. The van der Waals surface area contributed by atoms with Crippen LogP contribution in [0, 0.1) is 0 Å². The molecule has 2 atom stereocenters. The zero-order chi connectivity index (χ0) is 15.1. The summed E-state index contributed by atoms with van der Waals surface area (Å²) in [6.07, 6.45) is -0.0316. The van der Waals surface area contributed by atoms with E-state index in [2.05, 4.69) is 30.4 Å². The molecular formula is C18H23NO2. The molecule has 2 aromatic rings. The molecule has 0 aliphatic heterocycles. The summed E-state index contributed by atoms with van der Waals surface area (Å²) in [5.74, 6) is 0.859. The van der Waals surface area contributed by atoms with E-state index in [4.69, 9.17) is 9.47 Å². The van der Waals surface area contributed by atoms with E-state index in [1.54, 1.807) is 7.11 Å². The highest BCUT2D eigenvalue weighted by atomic mass is 16.5. The standard InChI is InChI=1S/C18H23NO2/c1-14(15-9-5-4-6-10-15)21-18(13-19-2)16-11-7-8-12-17(16)20-3/h4-12,14,18-19H,13H2,1-3H3. The number of rotatable bonds is 7. The first-order valence-electron chi connectivity index (χ1n) is 7.24. The second kappa shape index (κ2) is 7.81. The molecule has 3 heteroatoms. The van der Waals surface area contributed by atoms with Gasteiger partial charge in [-0.1, -0.05) is 48.5 Å². The molecule has 0 spiro atoms. The molecule has 1 N–H and O–H groups in total. The van der Waals surface area contributed by atoms with Crippen LogP contribution in [0.15, 0.2) is 54.6 Å². The molecular weight excluding hydrogens is 262 g/mol. The van der Waals surface area contributed by atoms with Crippen LogP contribution in [0.4, 0.5) is 0 Å². The lowest BCUT2D eigenvalue weighted by atomic mass is 10.1. The van der Waals surface area contributed by atoms with Crippen molar-refractivity contribution in [2.45, 2.75) is 19.1 Å². The van der Waals surface area contributed by atoms with E-state index in [0.717, 1.165) is 17.9 Å². The third-order valence-electron chi connectivity index (χ3n) is 3.51. The summed E-state index contributed by atoms with van der Waals surface area (Å²) in [5, 5.41) is 3.19. The van der Waals surface area contributed by atoms with Gasteiger partial charge in [-0.25, -0.2) is 0 Å². The van der Waals surface area contributed by atoms with Gasteiger partial charge in [-0.2, -0.15) is 0 Å². The Bertz CT molecular complexity index is 542. The normalized spacial score (nSPS) is 13.7. The Balaban J connectivity index is 2.19. The predicted octanol–water partition coefficient (Wildman–Crippen LogP) is 3.73. The Morgan fingerprint density at radius 3 is 2.33 bits per heavy atom. The molecule has 0 aliphatic carbocycles. The summed E-state index contributed by atoms with van der Waals surface area (Å²) in [7, 11) is 3.62. The molecule has 0 aromatic heterocycles. The predicted molar refractivity (Wildman–Crippen MR) is 85.6 cm³/mol. The van der Waals surface area contributed by atoms with Gasteiger partial charge in [0, 0.05) is 12.1 Å². The maximum absolute atomic E-state index is 6.26. The van der Waals surface area contributed by atoms with Gasteiger partial charge in [0.25, 0.3) is 0 Å². The Hall–Kier alpha value is -1.84. The van der Waals surface area contributed by atoms with Gasteiger partial charge >= 0.3 is 0 Å². The smallest absolute Gasteiger partial charge is 0.124 e. The summed E-state index contributed by atoms with van der Waals surface area (Å²) in [5.41, 5.74) is 2.24. The summed E-state index contributed by atoms with van der Waals surface area (Å²) in [4.78, 5) is 0. The van der Waals surface area contributed by atoms with Gasteiger partial charge in [-0.3, -0.25) is 0 Å². The van der Waals surface area contributed by atoms with E-state index in [0.29, 0.717) is 0 Å². The highest BCUT2D eigenvalue weighted by Crippen LogP contribution is 2.31. The maximum Gasteiger partial charge on any atom is 0.124 e. The first-order valence-corrected chi connectivity index (χ1v) is 7.24. The fourth-order valence-corrected chi connectivity index (χ4v) is 2.40. The van der Waals surface area contributed by atoms with E-state index in [9.17, 15) is 0 Å². The van der Waals surface area contributed by atoms with Crippen molar-refractivity contribution in [2.24, 2.45) is 0 Å². The fourth-order valence-electron chi connectivity index (χ4n) is 2.40. The van der Waals surface area contributed by atoms with Gasteiger partial charge in [0.15, 0.2) is 0 Å². The van der Waals surface area contributed by atoms with E-state index in [-0.39, 0.29) is 12.2 Å². The Kier molecular flexibility index (Phi) is 5.78. The average Bonchev–Trinajstić information content (AvgIpc) is 2.55. The lowest BCUT2D eigenvalue weighted by Gasteiger charge is -2.24. The number of nitrogens with one attached hydrogen (secondary N) is 1. The van der Waals surface area contributed by atoms with Crippen molar-refractivity contribution >= 4 is 0 Å². The van der Waals surface area contributed by atoms with Crippen molar-refractivity contribution in [1.29, 1.82) is 0 Å². The summed E-state index contributed by atoms with van der Waals surface area (Å²) < 4.78 is 11.7. The number of benzene rings is 2. The van der Waals surface area contributed by atoms with Gasteiger partial charge in [0.2, 0.25) is 0 Å².